The molecule has 2 aromatic rings. The van der Waals surface area contributed by atoms with Gasteiger partial charge >= 0.3 is 0 Å². The quantitative estimate of drug-likeness (QED) is 0.860. The van der Waals surface area contributed by atoms with Crippen molar-refractivity contribution >= 4 is 33.2 Å². The van der Waals surface area contributed by atoms with E-state index in [1.807, 2.05) is 12.1 Å². The molecular weight excluding hydrogens is 364 g/mol. The fourth-order valence-electron chi connectivity index (χ4n) is 2.47. The number of hydrogen-bond donors (Lipinski definition) is 1. The first-order valence-corrected chi connectivity index (χ1v) is 9.02. The normalized spacial score (nSPS) is 17.4. The third-order valence-electron chi connectivity index (χ3n) is 3.52. The minimum atomic E-state index is 0.292. The maximum absolute atomic E-state index is 5.38. The largest absolute Gasteiger partial charge is 0.379 e. The molecule has 7 heteroatoms. The third-order valence-corrected chi connectivity index (χ3v) is 5.38. The Bertz CT molecular complexity index is 615. The van der Waals surface area contributed by atoms with E-state index < -0.39 is 0 Å². The summed E-state index contributed by atoms with van der Waals surface area (Å²) < 4.78 is 6.45. The van der Waals surface area contributed by atoms with Gasteiger partial charge in [0.1, 0.15) is 0 Å². The highest BCUT2D eigenvalue weighted by atomic mass is 79.9. The van der Waals surface area contributed by atoms with Crippen LogP contribution in [-0.4, -0.2) is 53.8 Å². The number of anilines is 1. The van der Waals surface area contributed by atoms with Crippen LogP contribution in [0.5, 0.6) is 0 Å². The number of hydrogen-bond acceptors (Lipinski definition) is 6. The van der Waals surface area contributed by atoms with E-state index in [4.69, 9.17) is 4.74 Å². The first-order valence-electron chi connectivity index (χ1n) is 7.35. The fourth-order valence-corrected chi connectivity index (χ4v) is 4.01. The highest BCUT2D eigenvalue weighted by molar-refractivity contribution is 9.10. The van der Waals surface area contributed by atoms with Crippen LogP contribution in [0.25, 0.3) is 10.6 Å². The summed E-state index contributed by atoms with van der Waals surface area (Å²) in [5, 5.41) is 5.45. The van der Waals surface area contributed by atoms with Crippen molar-refractivity contribution in [2.24, 2.45) is 0 Å². The molecule has 1 unspecified atom stereocenters. The Labute approximate surface area is 142 Å². The summed E-state index contributed by atoms with van der Waals surface area (Å²) in [6.45, 7) is 6.77. The van der Waals surface area contributed by atoms with E-state index in [9.17, 15) is 0 Å². The molecule has 0 bridgehead atoms. The summed E-state index contributed by atoms with van der Waals surface area (Å²) in [4.78, 5) is 12.5. The number of nitrogens with zero attached hydrogens (tertiary/aromatic N) is 3. The molecule has 0 radical (unpaired) electrons. The molecule has 0 spiro atoms. The van der Waals surface area contributed by atoms with Gasteiger partial charge in [-0.3, -0.25) is 4.90 Å². The zero-order chi connectivity index (χ0) is 15.4. The molecule has 1 aliphatic rings. The van der Waals surface area contributed by atoms with E-state index in [1.165, 1.54) is 0 Å². The van der Waals surface area contributed by atoms with Crippen LogP contribution in [0.2, 0.25) is 0 Å². The van der Waals surface area contributed by atoms with Crippen molar-refractivity contribution in [3.05, 3.63) is 28.2 Å². The third kappa shape index (κ3) is 4.04. The number of aromatic nitrogens is 2. The van der Waals surface area contributed by atoms with E-state index in [-0.39, 0.29) is 0 Å². The van der Waals surface area contributed by atoms with Gasteiger partial charge in [-0.1, -0.05) is 0 Å². The smallest absolute Gasteiger partial charge is 0.223 e. The molecular formula is C15H19BrN4OS. The van der Waals surface area contributed by atoms with Crippen LogP contribution >= 0.6 is 27.3 Å². The van der Waals surface area contributed by atoms with Gasteiger partial charge in [-0.25, -0.2) is 9.97 Å². The van der Waals surface area contributed by atoms with Gasteiger partial charge < -0.3 is 10.1 Å². The van der Waals surface area contributed by atoms with Crippen molar-refractivity contribution in [2.75, 3.05) is 38.2 Å². The Balaban J connectivity index is 1.63. The van der Waals surface area contributed by atoms with Crippen LogP contribution < -0.4 is 5.32 Å². The molecule has 1 N–H and O–H groups in total. The Hall–Kier alpha value is -1.02. The van der Waals surface area contributed by atoms with Gasteiger partial charge in [-0.2, -0.15) is 0 Å². The lowest BCUT2D eigenvalue weighted by atomic mass is 10.3. The molecule has 3 rings (SSSR count). The van der Waals surface area contributed by atoms with E-state index in [0.29, 0.717) is 12.0 Å². The molecule has 118 valence electrons. The standard InChI is InChI=1S/C15H19BrN4OS/c1-11(10-20-5-7-21-8-6-20)18-15-17-4-2-13(19-15)14-12(16)3-9-22-14/h2-4,9,11H,5-8,10H2,1H3,(H,17,18,19). The molecule has 0 amide bonds. The van der Waals surface area contributed by atoms with Gasteiger partial charge in [0, 0.05) is 36.3 Å². The molecule has 0 aliphatic carbocycles. The number of ether oxygens (including phenoxy) is 1. The summed E-state index contributed by atoms with van der Waals surface area (Å²) >= 11 is 5.23. The number of morpholine rings is 1. The predicted molar refractivity (Wildman–Crippen MR) is 93.4 cm³/mol. The fraction of sp³-hybridized carbons (Fsp3) is 0.467. The lowest BCUT2D eigenvalue weighted by Gasteiger charge is -2.29. The highest BCUT2D eigenvalue weighted by Gasteiger charge is 2.15. The molecule has 5 nitrogen and oxygen atoms in total. The summed E-state index contributed by atoms with van der Waals surface area (Å²) in [6.07, 6.45) is 1.80. The van der Waals surface area contributed by atoms with Crippen LogP contribution in [0.3, 0.4) is 0 Å². The van der Waals surface area contributed by atoms with Gasteiger partial charge in [-0.05, 0) is 40.4 Å². The average molecular weight is 383 g/mol. The van der Waals surface area contributed by atoms with E-state index >= 15 is 0 Å². The van der Waals surface area contributed by atoms with E-state index in [1.54, 1.807) is 17.5 Å². The molecule has 2 aromatic heterocycles. The minimum Gasteiger partial charge on any atom is -0.379 e. The SMILES string of the molecule is CC(CN1CCOCC1)Nc1nccc(-c2sccc2Br)n1. The number of thiophene rings is 1. The maximum Gasteiger partial charge on any atom is 0.223 e. The highest BCUT2D eigenvalue weighted by Crippen LogP contribution is 2.32. The van der Waals surface area contributed by atoms with Crippen LogP contribution in [0.1, 0.15) is 6.92 Å². The molecule has 1 atom stereocenters. The van der Waals surface area contributed by atoms with Gasteiger partial charge in [0.15, 0.2) is 0 Å². The zero-order valence-corrected chi connectivity index (χ0v) is 14.9. The Kier molecular flexibility index (Phi) is 5.41. The second kappa shape index (κ2) is 7.50. The summed E-state index contributed by atoms with van der Waals surface area (Å²) in [5.74, 6) is 0.679. The van der Waals surface area contributed by atoms with Gasteiger partial charge in [0.25, 0.3) is 0 Å². The Morgan fingerprint density at radius 1 is 1.41 bits per heavy atom. The lowest BCUT2D eigenvalue weighted by molar-refractivity contribution is 0.0368. The molecule has 1 fully saturated rings. The van der Waals surface area contributed by atoms with Crippen LogP contribution in [0.4, 0.5) is 5.95 Å². The molecule has 3 heterocycles. The average Bonchev–Trinajstić information content (AvgIpc) is 2.94. The number of nitrogens with one attached hydrogen (secondary N) is 1. The monoisotopic (exact) mass is 382 g/mol. The van der Waals surface area contributed by atoms with Gasteiger partial charge in [0.05, 0.1) is 23.8 Å². The lowest BCUT2D eigenvalue weighted by Crippen LogP contribution is -2.42. The first kappa shape index (κ1) is 15.9. The van der Waals surface area contributed by atoms with Crippen molar-refractivity contribution in [1.82, 2.24) is 14.9 Å². The summed E-state index contributed by atoms with van der Waals surface area (Å²) in [5.41, 5.74) is 0.943. The van der Waals surface area contributed by atoms with Gasteiger partial charge in [0.2, 0.25) is 5.95 Å². The summed E-state index contributed by atoms with van der Waals surface area (Å²) in [7, 11) is 0. The first-order chi connectivity index (χ1) is 10.7. The summed E-state index contributed by atoms with van der Waals surface area (Å²) in [6, 6.07) is 4.27. The Morgan fingerprint density at radius 3 is 2.95 bits per heavy atom. The van der Waals surface area contributed by atoms with E-state index in [2.05, 4.69) is 48.4 Å². The number of rotatable bonds is 5. The Morgan fingerprint density at radius 2 is 2.23 bits per heavy atom. The zero-order valence-electron chi connectivity index (χ0n) is 12.5. The van der Waals surface area contributed by atoms with Gasteiger partial charge in [-0.15, -0.1) is 11.3 Å². The van der Waals surface area contributed by atoms with Crippen molar-refractivity contribution in [3.8, 4) is 10.6 Å². The van der Waals surface area contributed by atoms with Crippen molar-refractivity contribution in [3.63, 3.8) is 0 Å². The molecule has 1 aliphatic heterocycles. The molecule has 0 saturated carbocycles. The molecule has 1 saturated heterocycles. The molecule has 0 aromatic carbocycles. The molecule has 22 heavy (non-hydrogen) atoms. The van der Waals surface area contributed by atoms with Crippen molar-refractivity contribution in [2.45, 2.75) is 13.0 Å². The van der Waals surface area contributed by atoms with E-state index in [0.717, 1.165) is 47.9 Å². The van der Waals surface area contributed by atoms with Crippen LogP contribution in [-0.2, 0) is 4.74 Å². The van der Waals surface area contributed by atoms with Crippen molar-refractivity contribution in [1.29, 1.82) is 0 Å². The minimum absolute atomic E-state index is 0.292. The van der Waals surface area contributed by atoms with Crippen LogP contribution in [0, 0.1) is 0 Å². The van der Waals surface area contributed by atoms with Crippen molar-refractivity contribution < 1.29 is 4.74 Å². The van der Waals surface area contributed by atoms with Crippen LogP contribution in [0.15, 0.2) is 28.2 Å². The number of halogens is 1. The topological polar surface area (TPSA) is 50.3 Å². The second-order valence-electron chi connectivity index (χ2n) is 5.32. The predicted octanol–water partition coefficient (Wildman–Crippen LogP) is 3.10. The maximum atomic E-state index is 5.38. The second-order valence-corrected chi connectivity index (χ2v) is 7.09.